The van der Waals surface area contributed by atoms with Gasteiger partial charge < -0.3 is 69.9 Å². The number of aldehydes is 2. The van der Waals surface area contributed by atoms with Crippen molar-refractivity contribution >= 4 is 53.0 Å². The van der Waals surface area contributed by atoms with E-state index in [4.69, 9.17) is 18.6 Å². The van der Waals surface area contributed by atoms with Gasteiger partial charge in [0, 0.05) is 35.4 Å². The van der Waals surface area contributed by atoms with Gasteiger partial charge in [-0.3, -0.25) is 39.4 Å². The summed E-state index contributed by atoms with van der Waals surface area (Å²) in [4.78, 5) is 94.7. The largest absolute Gasteiger partial charge is 0.508 e. The van der Waals surface area contributed by atoms with Gasteiger partial charge in [0.1, 0.15) is 64.6 Å². The van der Waals surface area contributed by atoms with Crippen LogP contribution in [-0.2, 0) is 33.5 Å². The van der Waals surface area contributed by atoms with Crippen molar-refractivity contribution in [2.24, 2.45) is 0 Å². The molecule has 0 radical (unpaired) electrons. The van der Waals surface area contributed by atoms with Gasteiger partial charge in [-0.15, -0.1) is 0 Å². The predicted octanol–water partition coefficient (Wildman–Crippen LogP) is 3.09. The number of fused-ring (bicyclic) bond motifs is 2. The number of rotatable bonds is 20. The van der Waals surface area contributed by atoms with Gasteiger partial charge in [-0.25, -0.2) is 0 Å². The number of ketones is 1. The van der Waals surface area contributed by atoms with Crippen LogP contribution in [0, 0.1) is 69.2 Å². The van der Waals surface area contributed by atoms with Gasteiger partial charge in [0.15, 0.2) is 18.0 Å². The number of phenolic OH excluding ortho intramolecular Hbond substituents is 4. The third-order valence-electron chi connectivity index (χ3n) is 13.5. The molecule has 22 nitrogen and oxygen atoms in total. The van der Waals surface area contributed by atoms with Crippen LogP contribution >= 0.6 is 0 Å². The topological polar surface area (TPSA) is 330 Å². The molecule has 22 heteroatoms. The molecule has 2 heterocycles. The number of ether oxygens (including phenoxy) is 3. The fourth-order valence-electron chi connectivity index (χ4n) is 8.66. The number of amides is 4. The van der Waals surface area contributed by atoms with Crippen LogP contribution in [0.3, 0.4) is 0 Å². The SMILES string of the molecule is Cc1c(C)c(C)c(-c2oc3cc(O)cc(O)c3c(=O)c2OCNCC(=O)NCC(=O)NCC=O)c(C)c1C.Cc1c(C)c(C)c(C2Oc3cc(O)cc(O)c3C(=O)C2OCNCC(=O)NCC(=O)NCC=O)c(C)c1C. The first kappa shape index (κ1) is 58.5. The number of hydrogen-bond donors (Lipinski definition) is 10. The minimum atomic E-state index is -1.17. The second-order valence-electron chi connectivity index (χ2n) is 18.1. The summed E-state index contributed by atoms with van der Waals surface area (Å²) in [6, 6.07) is 4.62. The molecule has 1 aliphatic heterocycles. The van der Waals surface area contributed by atoms with E-state index in [0.717, 1.165) is 73.3 Å². The Labute approximate surface area is 437 Å². The molecule has 1 aliphatic rings. The summed E-state index contributed by atoms with van der Waals surface area (Å²) in [5.41, 5.74) is 10.7. The molecule has 0 spiro atoms. The van der Waals surface area contributed by atoms with Crippen molar-refractivity contribution in [1.29, 1.82) is 0 Å². The van der Waals surface area contributed by atoms with Crippen LogP contribution in [0.25, 0.3) is 22.3 Å². The highest BCUT2D eigenvalue weighted by atomic mass is 16.6. The normalized spacial score (nSPS) is 13.6. The quantitative estimate of drug-likeness (QED) is 0.0304. The molecule has 10 N–H and O–H groups in total. The molecule has 2 atom stereocenters. The molecule has 6 rings (SSSR count). The van der Waals surface area contributed by atoms with Crippen LogP contribution in [0.15, 0.2) is 33.5 Å². The molecular weight excluding hydrogens is 989 g/mol. The summed E-state index contributed by atoms with van der Waals surface area (Å²) in [6.07, 6.45) is -0.987. The number of carbonyl (C=O) groups excluding carboxylic acids is 7. The zero-order valence-corrected chi connectivity index (χ0v) is 44.0. The standard InChI is InChI=1S/C27H33N3O8.C27H31N3O8/c2*1-13-14(2)16(4)23(17(5)15(13)3)26-27(25(36)24-19(33)8-18(32)9-20(24)38-26)37-12-28-10-21(34)30-11-22(35)29-6-7-31/h7-9,26-28,32-33H,6,10-12H2,1-5H3,(H,29,35)(H,30,34);7-9,28,32-33H,6,10-12H2,1-5H3,(H,29,35)(H,30,34). The summed E-state index contributed by atoms with van der Waals surface area (Å²) in [5.74, 6) is -3.95. The zero-order valence-electron chi connectivity index (χ0n) is 44.0. The highest BCUT2D eigenvalue weighted by Crippen LogP contribution is 2.45. The molecule has 0 fully saturated rings. The predicted molar refractivity (Wildman–Crippen MR) is 278 cm³/mol. The van der Waals surface area contributed by atoms with Crippen molar-refractivity contribution in [2.45, 2.75) is 81.4 Å². The second-order valence-corrected chi connectivity index (χ2v) is 18.1. The molecule has 0 saturated heterocycles. The first-order chi connectivity index (χ1) is 35.9. The summed E-state index contributed by atoms with van der Waals surface area (Å²) >= 11 is 0. The van der Waals surface area contributed by atoms with Crippen molar-refractivity contribution in [3.05, 3.63) is 101 Å². The zero-order chi connectivity index (χ0) is 56.3. The highest BCUT2D eigenvalue weighted by Gasteiger charge is 2.43. The minimum Gasteiger partial charge on any atom is -0.508 e. The Balaban J connectivity index is 0.000000281. The van der Waals surface area contributed by atoms with E-state index in [1.54, 1.807) is 0 Å². The van der Waals surface area contributed by atoms with Crippen LogP contribution in [-0.4, -0.2) is 121 Å². The molecule has 2 unspecified atom stereocenters. The Kier molecular flexibility index (Phi) is 19.8. The average Bonchev–Trinajstić information content (AvgIpc) is 3.38. The van der Waals surface area contributed by atoms with Crippen molar-refractivity contribution < 1.29 is 72.6 Å². The van der Waals surface area contributed by atoms with Crippen molar-refractivity contribution in [3.8, 4) is 45.8 Å². The molecule has 0 saturated carbocycles. The maximum absolute atomic E-state index is 13.6. The Morgan fingerprint density at radius 3 is 1.55 bits per heavy atom. The lowest BCUT2D eigenvalue weighted by Gasteiger charge is -2.35. The molecule has 5 aromatic rings. The lowest BCUT2D eigenvalue weighted by molar-refractivity contribution is -0.126. The van der Waals surface area contributed by atoms with E-state index in [9.17, 15) is 58.8 Å². The fraction of sp³-hybridized carbons (Fsp3) is 0.370. The van der Waals surface area contributed by atoms with E-state index in [1.807, 2.05) is 69.2 Å². The maximum atomic E-state index is 13.6. The number of phenols is 4. The van der Waals surface area contributed by atoms with E-state index >= 15 is 0 Å². The van der Waals surface area contributed by atoms with Gasteiger partial charge in [0.2, 0.25) is 40.6 Å². The van der Waals surface area contributed by atoms with Crippen LogP contribution in [0.5, 0.6) is 34.5 Å². The highest BCUT2D eigenvalue weighted by molar-refractivity contribution is 6.06. The number of aromatic hydroxyl groups is 4. The molecular formula is C54H64N6O16. The average molecular weight is 1050 g/mol. The van der Waals surface area contributed by atoms with Crippen molar-refractivity contribution in [2.75, 3.05) is 52.7 Å². The van der Waals surface area contributed by atoms with E-state index in [-0.39, 0.29) is 98.0 Å². The molecule has 1 aromatic heterocycles. The van der Waals surface area contributed by atoms with E-state index < -0.39 is 58.5 Å². The smallest absolute Gasteiger partial charge is 0.239 e. The molecule has 4 aromatic carbocycles. The lowest BCUT2D eigenvalue weighted by Crippen LogP contribution is -2.44. The molecule has 0 bridgehead atoms. The Bertz CT molecular complexity index is 3110. The minimum absolute atomic E-state index is 0.00951. The third kappa shape index (κ3) is 13.3. The van der Waals surface area contributed by atoms with Gasteiger partial charge in [-0.1, -0.05) is 0 Å². The van der Waals surface area contributed by atoms with Gasteiger partial charge in [-0.2, -0.15) is 0 Å². The number of carbonyl (C=O) groups is 7. The number of benzene rings is 4. The van der Waals surface area contributed by atoms with E-state index in [2.05, 4.69) is 31.9 Å². The third-order valence-corrected chi connectivity index (χ3v) is 13.5. The van der Waals surface area contributed by atoms with Crippen molar-refractivity contribution in [3.63, 3.8) is 0 Å². The van der Waals surface area contributed by atoms with Crippen LogP contribution < -0.4 is 46.8 Å². The number of nitrogens with one attached hydrogen (secondary N) is 6. The summed E-state index contributed by atoms with van der Waals surface area (Å²) in [5, 5.41) is 55.4. The summed E-state index contributed by atoms with van der Waals surface area (Å²) in [7, 11) is 0. The lowest BCUT2D eigenvalue weighted by atomic mass is 9.83. The second kappa shape index (κ2) is 25.7. The first-order valence-corrected chi connectivity index (χ1v) is 24.0. The van der Waals surface area contributed by atoms with E-state index in [1.165, 1.54) is 12.1 Å². The Morgan fingerprint density at radius 1 is 0.566 bits per heavy atom. The van der Waals surface area contributed by atoms with Crippen LogP contribution in [0.4, 0.5) is 0 Å². The number of hydrogen-bond acceptors (Lipinski definition) is 18. The van der Waals surface area contributed by atoms with Crippen molar-refractivity contribution in [1.82, 2.24) is 31.9 Å². The summed E-state index contributed by atoms with van der Waals surface area (Å²) in [6.45, 7) is 17.9. The molecule has 76 heavy (non-hydrogen) atoms. The maximum Gasteiger partial charge on any atom is 0.239 e. The number of Topliss-reactive ketones (excluding diaryl/α,β-unsaturated/α-hetero) is 1. The van der Waals surface area contributed by atoms with Gasteiger partial charge in [0.05, 0.1) is 46.0 Å². The molecule has 406 valence electrons. The monoisotopic (exact) mass is 1050 g/mol. The molecule has 4 amide bonds. The van der Waals surface area contributed by atoms with Gasteiger partial charge in [0.25, 0.3) is 0 Å². The van der Waals surface area contributed by atoms with Crippen LogP contribution in [0.1, 0.15) is 77.7 Å². The van der Waals surface area contributed by atoms with Gasteiger partial charge in [-0.05, 0) is 125 Å². The Morgan fingerprint density at radius 2 is 1.03 bits per heavy atom. The molecule has 0 aliphatic carbocycles. The van der Waals surface area contributed by atoms with Gasteiger partial charge >= 0.3 is 0 Å². The fourth-order valence-corrected chi connectivity index (χ4v) is 8.66. The summed E-state index contributed by atoms with van der Waals surface area (Å²) < 4.78 is 24.0. The Hall–Kier alpha value is -8.34. The first-order valence-electron chi connectivity index (χ1n) is 24.0. The van der Waals surface area contributed by atoms with Crippen LogP contribution in [0.2, 0.25) is 0 Å². The van der Waals surface area contributed by atoms with E-state index in [0.29, 0.717) is 18.1 Å².